The van der Waals surface area contributed by atoms with Crippen LogP contribution >= 0.6 is 104 Å². The van der Waals surface area contributed by atoms with Gasteiger partial charge in [0.1, 0.15) is 0 Å². The highest BCUT2D eigenvalue weighted by Gasteiger charge is 2.68. The molecule has 0 saturated heterocycles. The lowest BCUT2D eigenvalue weighted by Gasteiger charge is -2.44. The second-order valence-electron chi connectivity index (χ2n) is 5.52. The van der Waals surface area contributed by atoms with Gasteiger partial charge in [-0.05, 0) is 23.5 Å². The summed E-state index contributed by atoms with van der Waals surface area (Å²) in [5, 5.41) is 0. The van der Waals surface area contributed by atoms with Crippen LogP contribution in [0.15, 0.2) is 24.3 Å². The maximum atomic E-state index is 6.41. The topological polar surface area (TPSA) is 0 Å². The van der Waals surface area contributed by atoms with Crippen molar-refractivity contribution in [3.05, 3.63) is 35.4 Å². The molecule has 1 rings (SSSR count). The van der Waals surface area contributed by atoms with Gasteiger partial charge in [0.2, 0.25) is 8.13 Å². The smallest absolute Gasteiger partial charge is 0.0943 e. The Morgan fingerprint density at radius 3 is 1.78 bits per heavy atom. The van der Waals surface area contributed by atoms with Gasteiger partial charge in [0.15, 0.2) is 8.67 Å². The maximum absolute atomic E-state index is 6.41. The lowest BCUT2D eigenvalue weighted by atomic mass is 9.98. The molecule has 0 saturated carbocycles. The van der Waals surface area contributed by atoms with Crippen LogP contribution in [-0.2, 0) is 10.8 Å². The average Bonchev–Trinajstić information content (AvgIpc) is 2.36. The fourth-order valence-electron chi connectivity index (χ4n) is 1.92. The number of halogens is 9. The Morgan fingerprint density at radius 1 is 0.826 bits per heavy atom. The summed E-state index contributed by atoms with van der Waals surface area (Å²) in [7, 11) is 0. The minimum Gasteiger partial charge on any atom is -0.0943 e. The molecule has 1 aromatic rings. The Labute approximate surface area is 181 Å². The number of hydrogen-bond acceptors (Lipinski definition) is 0. The second kappa shape index (κ2) is 7.83. The molecule has 0 unspecified atom stereocenters. The van der Waals surface area contributed by atoms with Crippen molar-refractivity contribution in [3.8, 4) is 0 Å². The van der Waals surface area contributed by atoms with E-state index < -0.39 is 16.8 Å². The molecular formula is C14H13Cl9. The zero-order chi connectivity index (χ0) is 18.3. The minimum absolute atomic E-state index is 0.393. The Balaban J connectivity index is 3.34. The predicted octanol–water partition coefficient (Wildman–Crippen LogP) is 8.23. The number of alkyl halides is 9. The van der Waals surface area contributed by atoms with E-state index in [9.17, 15) is 0 Å². The predicted molar refractivity (Wildman–Crippen MR) is 108 cm³/mol. The lowest BCUT2D eigenvalue weighted by molar-refractivity contribution is 0.598. The van der Waals surface area contributed by atoms with Crippen LogP contribution in [0, 0.1) is 5.92 Å². The summed E-state index contributed by atoms with van der Waals surface area (Å²) < 4.78 is -8.68. The van der Waals surface area contributed by atoms with Gasteiger partial charge in [-0.15, -0.1) is 0 Å². The molecule has 0 N–H and O–H groups in total. The lowest BCUT2D eigenvalue weighted by Crippen LogP contribution is -2.54. The van der Waals surface area contributed by atoms with Gasteiger partial charge in [0.25, 0.3) is 0 Å². The number of benzene rings is 1. The molecular weight excluding hydrogens is 487 g/mol. The molecule has 0 aliphatic rings. The molecule has 0 radical (unpaired) electrons. The van der Waals surface area contributed by atoms with Crippen molar-refractivity contribution in [2.45, 2.75) is 37.1 Å². The molecule has 1 aromatic carbocycles. The zero-order valence-corrected chi connectivity index (χ0v) is 18.8. The molecule has 0 aliphatic heterocycles. The highest BCUT2D eigenvalue weighted by Crippen LogP contribution is 2.65. The molecule has 132 valence electrons. The third-order valence-corrected chi connectivity index (χ3v) is 8.55. The quantitative estimate of drug-likeness (QED) is 0.358. The van der Waals surface area contributed by atoms with Gasteiger partial charge in [-0.1, -0.05) is 143 Å². The van der Waals surface area contributed by atoms with Crippen LogP contribution in [0.2, 0.25) is 0 Å². The Kier molecular flexibility index (Phi) is 7.79. The van der Waals surface area contributed by atoms with E-state index in [1.807, 2.05) is 6.07 Å². The molecule has 0 atom stereocenters. The van der Waals surface area contributed by atoms with Crippen LogP contribution in [0.3, 0.4) is 0 Å². The molecule has 0 fully saturated rings. The maximum Gasteiger partial charge on any atom is 0.226 e. The minimum atomic E-state index is -2.29. The van der Waals surface area contributed by atoms with Crippen LogP contribution in [-0.4, -0.2) is 12.5 Å². The first-order chi connectivity index (χ1) is 10.1. The fourth-order valence-corrected chi connectivity index (χ4v) is 4.13. The van der Waals surface area contributed by atoms with Gasteiger partial charge < -0.3 is 0 Å². The number of rotatable bonds is 5. The molecule has 0 spiro atoms. The SMILES string of the molecule is CC(C)Cc1cccc(C(Cl)(Cl)C(Cl)(Cl)C(Cl)(Cl)C(Cl)(Cl)Cl)c1. The summed E-state index contributed by atoms with van der Waals surface area (Å²) in [6.45, 7) is 4.17. The van der Waals surface area contributed by atoms with Crippen LogP contribution in [0.1, 0.15) is 25.0 Å². The molecule has 0 aromatic heterocycles. The summed E-state index contributed by atoms with van der Waals surface area (Å²) in [6.07, 6.45) is 0.812. The summed E-state index contributed by atoms with van der Waals surface area (Å²) >= 11 is 54.9. The van der Waals surface area contributed by atoms with Crippen molar-refractivity contribution in [2.24, 2.45) is 5.92 Å². The first-order valence-corrected chi connectivity index (χ1v) is 9.84. The summed E-state index contributed by atoms with van der Waals surface area (Å²) in [5.41, 5.74) is 1.39. The normalized spacial score (nSPS) is 14.4. The second-order valence-corrected chi connectivity index (χ2v) is 11.8. The van der Waals surface area contributed by atoms with Crippen molar-refractivity contribution in [1.29, 1.82) is 0 Å². The van der Waals surface area contributed by atoms with Gasteiger partial charge in [0, 0.05) is 0 Å². The van der Waals surface area contributed by atoms with Crippen molar-refractivity contribution < 1.29 is 0 Å². The fraction of sp³-hybridized carbons (Fsp3) is 0.571. The van der Waals surface area contributed by atoms with Gasteiger partial charge >= 0.3 is 0 Å². The van der Waals surface area contributed by atoms with Crippen molar-refractivity contribution in [1.82, 2.24) is 0 Å². The monoisotopic (exact) mass is 496 g/mol. The highest BCUT2D eigenvalue weighted by atomic mass is 35.6. The largest absolute Gasteiger partial charge is 0.226 e. The molecule has 0 nitrogen and oxygen atoms in total. The average molecular weight is 500 g/mol. The summed E-state index contributed by atoms with van der Waals surface area (Å²) in [6, 6.07) is 7.12. The third-order valence-electron chi connectivity index (χ3n) is 3.08. The molecule has 0 amide bonds. The Hall–Kier alpha value is 1.83. The van der Waals surface area contributed by atoms with Gasteiger partial charge in [-0.3, -0.25) is 0 Å². The van der Waals surface area contributed by atoms with E-state index in [2.05, 4.69) is 13.8 Å². The Morgan fingerprint density at radius 2 is 1.35 bits per heavy atom. The van der Waals surface area contributed by atoms with Crippen molar-refractivity contribution in [3.63, 3.8) is 0 Å². The van der Waals surface area contributed by atoms with Gasteiger partial charge in [-0.2, -0.15) is 0 Å². The molecule has 0 heterocycles. The first kappa shape index (κ1) is 22.9. The van der Waals surface area contributed by atoms with Crippen molar-refractivity contribution >= 4 is 104 Å². The molecule has 0 aliphatic carbocycles. The van der Waals surface area contributed by atoms with Crippen LogP contribution in [0.25, 0.3) is 0 Å². The summed E-state index contributed by atoms with van der Waals surface area (Å²) in [4.78, 5) is 0. The van der Waals surface area contributed by atoms with E-state index >= 15 is 0 Å². The Bertz CT molecular complexity index is 543. The van der Waals surface area contributed by atoms with E-state index in [0.717, 1.165) is 12.0 Å². The van der Waals surface area contributed by atoms with E-state index in [-0.39, 0.29) is 0 Å². The van der Waals surface area contributed by atoms with E-state index in [4.69, 9.17) is 104 Å². The van der Waals surface area contributed by atoms with E-state index in [1.165, 1.54) is 0 Å². The van der Waals surface area contributed by atoms with Crippen molar-refractivity contribution in [2.75, 3.05) is 0 Å². The standard InChI is InChI=1S/C14H13Cl9/c1-8(2)6-9-4-3-5-10(7-9)11(15,16)12(17,18)13(19,20)14(21,22)23/h3-5,7-8H,6H2,1-2H3. The highest BCUT2D eigenvalue weighted by molar-refractivity contribution is 6.80. The molecule has 0 bridgehead atoms. The van der Waals surface area contributed by atoms with Gasteiger partial charge in [-0.25, -0.2) is 0 Å². The zero-order valence-electron chi connectivity index (χ0n) is 12.0. The first-order valence-electron chi connectivity index (χ1n) is 6.44. The molecule has 23 heavy (non-hydrogen) atoms. The van der Waals surface area contributed by atoms with Crippen LogP contribution in [0.4, 0.5) is 0 Å². The molecule has 9 heteroatoms. The van der Waals surface area contributed by atoms with Crippen LogP contribution in [0.5, 0.6) is 0 Å². The van der Waals surface area contributed by atoms with E-state index in [0.29, 0.717) is 11.5 Å². The third kappa shape index (κ3) is 4.76. The van der Waals surface area contributed by atoms with Crippen LogP contribution < -0.4 is 0 Å². The van der Waals surface area contributed by atoms with Gasteiger partial charge in [0.05, 0.1) is 0 Å². The van der Waals surface area contributed by atoms with E-state index in [1.54, 1.807) is 18.2 Å². The summed E-state index contributed by atoms with van der Waals surface area (Å²) in [5.74, 6) is 0.434. The number of hydrogen-bond donors (Lipinski definition) is 0.